The first-order chi connectivity index (χ1) is 62.1. The molecule has 0 spiro atoms. The summed E-state index contributed by atoms with van der Waals surface area (Å²) in [6.07, 6.45) is 11.1. The van der Waals surface area contributed by atoms with Crippen molar-refractivity contribution in [3.8, 4) is 5.75 Å². The van der Waals surface area contributed by atoms with Crippen LogP contribution in [0.2, 0.25) is 0 Å². The second-order valence-electron chi connectivity index (χ2n) is 38.0. The zero-order chi connectivity index (χ0) is 96.5. The molecule has 6 aliphatic rings. The van der Waals surface area contributed by atoms with Gasteiger partial charge in [-0.2, -0.15) is 12.8 Å². The van der Waals surface area contributed by atoms with Crippen molar-refractivity contribution in [2.75, 3.05) is 88.4 Å². The maximum atomic E-state index is 14.2. The number of thioether (sulfide) groups is 3. The van der Waals surface area contributed by atoms with Gasteiger partial charge in [0.05, 0.1) is 42.6 Å². The number of hydrogen-bond donors (Lipinski definition) is 4. The Morgan fingerprint density at radius 3 is 1.28 bits per heavy atom. The number of anilines is 1. The lowest BCUT2D eigenvalue weighted by Gasteiger charge is -2.36. The molecule has 6 fully saturated rings. The first-order valence-electron chi connectivity index (χ1n) is 44.1. The predicted octanol–water partition coefficient (Wildman–Crippen LogP) is 9.81. The van der Waals surface area contributed by atoms with Crippen LogP contribution in [0.3, 0.4) is 0 Å². The standard InChI is InChI=1S/C63H83N9O12S3.C30H41N5O6S2.CH4.OS/c1-60(2,3)82-57(77)46(37-51(73)54-62(7,8)85-40-71(54)84-48-13-11-25-64-38-48)33-42-19-21-47(22-20-42)66-59(79)70-27-23-45(24-28-70)36-53(75)69-31-29-68(30-32-69)52(74)35-44-17-15-43(16-18-44)34-50(58(78)83-61(4,5)6)67-56(76)55-63(9,10)86-41-72(55)87(80,81)49-14-12-26-65-39-49;1-29(2,3)41-28(38)24(17-21-8-10-22(11-9-21)18-25(36)34-15-13-31-14-16-34)33-27(37)26-30(4,5)42-20-35(26)43(39,40)23-7-6-12-32-19-23;;1-2/h11-22,25-26,38-39,45-46,50,54-55H,23-24,27-37,40-41H2,1-10H3,(H,66,79)(H,67,76);6-12,19,24,26,31H,13-18,20H2,1-5H3,(H,33,37);1H4;/t46-,50+,54-,55-;24-,26+;;/m10../s1. The smallest absolute Gasteiger partial charge is 0.329 e. The van der Waals surface area contributed by atoms with Crippen molar-refractivity contribution >= 4 is 133 Å². The van der Waals surface area contributed by atoms with Crippen LogP contribution in [-0.4, -0.2) is 273 Å². The van der Waals surface area contributed by atoms with Gasteiger partial charge in [-0.25, -0.2) is 31.2 Å². The van der Waals surface area contributed by atoms with Gasteiger partial charge in [0.2, 0.25) is 49.6 Å². The third kappa shape index (κ3) is 30.0. The van der Waals surface area contributed by atoms with Crippen molar-refractivity contribution in [3.63, 3.8) is 0 Å². The van der Waals surface area contributed by atoms with Crippen LogP contribution in [0, 0.1) is 11.8 Å². The van der Waals surface area contributed by atoms with Crippen molar-refractivity contribution < 1.29 is 88.0 Å². The van der Waals surface area contributed by atoms with Gasteiger partial charge in [-0.3, -0.25) is 48.5 Å². The van der Waals surface area contributed by atoms with Crippen LogP contribution in [0.25, 0.3) is 0 Å². The molecule has 0 unspecified atom stereocenters. The lowest BCUT2D eigenvalue weighted by Crippen LogP contribution is -2.57. The number of ether oxygens (including phenoxy) is 3. The van der Waals surface area contributed by atoms with Crippen LogP contribution in [0.1, 0.15) is 165 Å². The number of piperazine rings is 2. The molecule has 0 radical (unpaired) electrons. The molecular formula is C94H128N14O19S6. The Hall–Kier alpha value is -9.58. The molecule has 6 atom stereocenters. The maximum absolute atomic E-state index is 14.2. The van der Waals surface area contributed by atoms with E-state index in [0.717, 1.165) is 39.6 Å². The van der Waals surface area contributed by atoms with E-state index in [1.165, 1.54) is 76.9 Å². The number of ketones is 1. The molecule has 3 aromatic heterocycles. The molecule has 7 amide bonds. The number of benzene rings is 3. The number of hydroxylamine groups is 2. The second kappa shape index (κ2) is 46.3. The van der Waals surface area contributed by atoms with Gasteiger partial charge < -0.3 is 59.9 Å². The minimum absolute atomic E-state index is 0. The quantitative estimate of drug-likeness (QED) is 0.0250. The largest absolute Gasteiger partial charge is 0.460 e. The molecule has 33 nitrogen and oxygen atoms in total. The second-order valence-corrected chi connectivity index (χ2v) is 46.6. The summed E-state index contributed by atoms with van der Waals surface area (Å²) in [5.74, 6) is -2.69. The fraction of sp³-hybridized carbons (Fsp3) is 0.543. The number of sulfonamides is 2. The van der Waals surface area contributed by atoms with E-state index in [1.54, 1.807) is 164 Å². The molecule has 39 heteroatoms. The van der Waals surface area contributed by atoms with E-state index in [4.69, 9.17) is 23.3 Å². The number of esters is 3. The van der Waals surface area contributed by atoms with Gasteiger partial charge in [0.1, 0.15) is 56.8 Å². The van der Waals surface area contributed by atoms with E-state index in [2.05, 4.69) is 48.8 Å². The van der Waals surface area contributed by atoms with E-state index < -0.39 is 117 Å². The Balaban J connectivity index is 0.000000361. The molecule has 6 saturated heterocycles. The highest BCUT2D eigenvalue weighted by atomic mass is 32.2. The summed E-state index contributed by atoms with van der Waals surface area (Å²) in [6, 6.07) is 25.9. The van der Waals surface area contributed by atoms with Gasteiger partial charge in [-0.05, 0) is 205 Å². The third-order valence-corrected chi connectivity index (χ3v) is 31.0. The number of nitrogens with zero attached hydrogens (tertiary/aromatic N) is 10. The molecular weight excluding hydrogens is 1820 g/mol. The van der Waals surface area contributed by atoms with Crippen molar-refractivity contribution in [1.82, 2.24) is 64.2 Å². The van der Waals surface area contributed by atoms with E-state index >= 15 is 0 Å². The van der Waals surface area contributed by atoms with Crippen molar-refractivity contribution in [3.05, 3.63) is 174 Å². The number of rotatable bonds is 29. The summed E-state index contributed by atoms with van der Waals surface area (Å²) >= 11 is 7.10. The number of pyridine rings is 3. The Bertz CT molecular complexity index is 5230. The zero-order valence-corrected chi connectivity index (χ0v) is 82.5. The summed E-state index contributed by atoms with van der Waals surface area (Å²) in [5.41, 5.74) is 2.00. The number of piperidine rings is 1. The molecule has 6 aliphatic heterocycles. The topological polar surface area (TPSA) is 402 Å². The number of amides is 7. The molecule has 12 rings (SSSR count). The van der Waals surface area contributed by atoms with Gasteiger partial charge in [-0.15, -0.1) is 40.3 Å². The van der Waals surface area contributed by atoms with Gasteiger partial charge in [0, 0.05) is 142 Å². The zero-order valence-electron chi connectivity index (χ0n) is 77.6. The number of likely N-dealkylation sites (tertiary alicyclic amines) is 1. The first-order valence-corrected chi connectivity index (χ1v) is 50.2. The van der Waals surface area contributed by atoms with Gasteiger partial charge in [-0.1, -0.05) is 68.1 Å². The van der Waals surface area contributed by atoms with Crippen molar-refractivity contribution in [2.45, 2.75) is 240 Å². The summed E-state index contributed by atoms with van der Waals surface area (Å²) in [4.78, 5) is 161. The molecule has 6 aromatic rings. The Labute approximate surface area is 799 Å². The van der Waals surface area contributed by atoms with Crippen LogP contribution in [0.5, 0.6) is 5.75 Å². The summed E-state index contributed by atoms with van der Waals surface area (Å²) in [7, 11) is -8.14. The predicted molar refractivity (Wildman–Crippen MR) is 512 cm³/mol. The number of carbonyl (C=O) groups is 10. The SMILES string of the molecule is C.CC(C)(C)OC(=O)[C@@H](CC(=O)[C@H]1N(Oc2cccnc2)CSC1(C)C)Cc1ccc(NC(=O)N2CCC(CC(=O)N3CCN(C(=O)Cc4ccc(C[C@H](NC(=O)[C@H]5N(S(=O)(=O)c6cccnc6)CSC5(C)C)C(=O)OC(C)(C)C)cc4)CC3)CC2)cc1.CC(C)(C)OC(=O)[C@H](Cc1ccc(CC(=O)N2CCNCC2)cc1)NC(=O)[C@H]1N(S(=O)(=O)c2cccnc2)CSC1(C)C.O=S. The summed E-state index contributed by atoms with van der Waals surface area (Å²) in [5, 5.41) is 13.5. The van der Waals surface area contributed by atoms with Gasteiger partial charge in [0.25, 0.3) is 0 Å². The fourth-order valence-corrected chi connectivity index (χ4v) is 23.6. The molecule has 4 N–H and O–H groups in total. The third-order valence-electron chi connectivity index (χ3n) is 23.0. The number of urea groups is 1. The van der Waals surface area contributed by atoms with E-state index in [0.29, 0.717) is 94.5 Å². The minimum atomic E-state index is -4.11. The van der Waals surface area contributed by atoms with E-state index in [9.17, 15) is 64.8 Å². The molecule has 724 valence electrons. The summed E-state index contributed by atoms with van der Waals surface area (Å²) in [6.45, 7) is 32.5. The van der Waals surface area contributed by atoms with Crippen LogP contribution < -0.4 is 26.1 Å². The molecule has 0 aliphatic carbocycles. The Morgan fingerprint density at radius 1 is 0.474 bits per heavy atom. The Kier molecular flexibility index (Phi) is 37.3. The van der Waals surface area contributed by atoms with Crippen molar-refractivity contribution in [1.29, 1.82) is 0 Å². The molecule has 3 aromatic carbocycles. The highest BCUT2D eigenvalue weighted by Gasteiger charge is 2.54. The molecule has 0 bridgehead atoms. The van der Waals surface area contributed by atoms with Gasteiger partial charge in [0.15, 0.2) is 24.1 Å². The maximum Gasteiger partial charge on any atom is 0.329 e. The van der Waals surface area contributed by atoms with Crippen LogP contribution >= 0.6 is 35.3 Å². The number of hydrogen-bond acceptors (Lipinski definition) is 28. The van der Waals surface area contributed by atoms with E-state index in [1.807, 2.05) is 73.9 Å². The molecule has 0 saturated carbocycles. The number of aromatic nitrogens is 3. The number of Topliss-reactive ketones (excluding diaryl/α,β-unsaturated/α-hetero) is 1. The number of carbonyl (C=O) groups excluding carboxylic acids is 10. The highest BCUT2D eigenvalue weighted by molar-refractivity contribution is 8.02. The fourth-order valence-electron chi connectivity index (χ4n) is 16.2. The summed E-state index contributed by atoms with van der Waals surface area (Å²) < 4.78 is 79.8. The van der Waals surface area contributed by atoms with Crippen LogP contribution in [0.4, 0.5) is 10.5 Å². The average molecular weight is 1950 g/mol. The van der Waals surface area contributed by atoms with E-state index in [-0.39, 0.29) is 103 Å². The lowest BCUT2D eigenvalue weighted by molar-refractivity contribution is -0.162. The first kappa shape index (κ1) is 107. The minimum Gasteiger partial charge on any atom is -0.460 e. The van der Waals surface area contributed by atoms with Gasteiger partial charge >= 0.3 is 23.9 Å². The average Bonchev–Trinajstić information content (AvgIpc) is 1.61. The highest BCUT2D eigenvalue weighted by Crippen LogP contribution is 2.45. The lowest BCUT2D eigenvalue weighted by atomic mass is 9.88. The number of nitrogens with one attached hydrogen (secondary N) is 4. The van der Waals surface area contributed by atoms with Crippen LogP contribution in [0.15, 0.2) is 156 Å². The monoisotopic (exact) mass is 1950 g/mol. The van der Waals surface area contributed by atoms with Crippen LogP contribution in [-0.2, 0) is 122 Å². The molecule has 9 heterocycles. The van der Waals surface area contributed by atoms with Crippen molar-refractivity contribution in [2.24, 2.45) is 11.8 Å². The Morgan fingerprint density at radius 2 is 0.857 bits per heavy atom. The normalized spacial score (nSPS) is 19.6. The molecule has 133 heavy (non-hydrogen) atoms.